The third kappa shape index (κ3) is 4.72. The first-order valence-corrected chi connectivity index (χ1v) is 9.44. The normalized spacial score (nSPS) is 10.7. The van der Waals surface area contributed by atoms with Crippen molar-refractivity contribution in [1.29, 1.82) is 0 Å². The number of nitrogens with one attached hydrogen (secondary N) is 2. The van der Waals surface area contributed by atoms with Gasteiger partial charge in [-0.1, -0.05) is 13.8 Å². The van der Waals surface area contributed by atoms with Crippen molar-refractivity contribution in [1.82, 2.24) is 9.97 Å². The van der Waals surface area contributed by atoms with E-state index in [4.69, 9.17) is 4.74 Å². The Kier molecular flexibility index (Phi) is 6.97. The highest BCUT2D eigenvalue weighted by Gasteiger charge is 2.15. The molecular formula is C19H25BrN4O2. The molecule has 0 aliphatic heterocycles. The van der Waals surface area contributed by atoms with E-state index in [1.807, 2.05) is 19.9 Å². The fraction of sp³-hybridized carbons (Fsp3) is 0.421. The summed E-state index contributed by atoms with van der Waals surface area (Å²) in [6.07, 6.45) is 3.83. The van der Waals surface area contributed by atoms with Gasteiger partial charge >= 0.3 is 5.97 Å². The molecular weight excluding hydrogens is 396 g/mol. The number of methoxy groups -OCH3 is 1. The molecule has 6 nitrogen and oxygen atoms in total. The van der Waals surface area contributed by atoms with Crippen molar-refractivity contribution in [2.75, 3.05) is 17.7 Å². The van der Waals surface area contributed by atoms with Gasteiger partial charge in [-0.05, 0) is 60.3 Å². The molecule has 0 bridgehead atoms. The van der Waals surface area contributed by atoms with Crippen molar-refractivity contribution in [3.63, 3.8) is 0 Å². The van der Waals surface area contributed by atoms with Gasteiger partial charge in [0.1, 0.15) is 5.82 Å². The number of ether oxygens (including phenoxy) is 1. The van der Waals surface area contributed by atoms with E-state index in [1.54, 1.807) is 12.3 Å². The number of aromatic nitrogens is 2. The molecule has 1 heterocycles. The van der Waals surface area contributed by atoms with E-state index in [2.05, 4.69) is 50.4 Å². The van der Waals surface area contributed by atoms with E-state index in [0.29, 0.717) is 17.6 Å². The van der Waals surface area contributed by atoms with E-state index < -0.39 is 5.97 Å². The van der Waals surface area contributed by atoms with Crippen LogP contribution >= 0.6 is 15.9 Å². The second kappa shape index (κ2) is 8.98. The van der Waals surface area contributed by atoms with Gasteiger partial charge in [-0.15, -0.1) is 0 Å². The van der Waals surface area contributed by atoms with Crippen LogP contribution in [0.15, 0.2) is 22.8 Å². The summed E-state index contributed by atoms with van der Waals surface area (Å²) in [5.74, 6) is 0.893. The maximum absolute atomic E-state index is 12.0. The summed E-state index contributed by atoms with van der Waals surface area (Å²) in [6.45, 7) is 8.19. The van der Waals surface area contributed by atoms with Crippen LogP contribution in [0.2, 0.25) is 0 Å². The first-order valence-electron chi connectivity index (χ1n) is 8.65. The second-order valence-corrected chi connectivity index (χ2v) is 6.95. The predicted octanol–water partition coefficient (Wildman–Crippen LogP) is 4.99. The van der Waals surface area contributed by atoms with Gasteiger partial charge in [-0.25, -0.2) is 9.78 Å². The number of anilines is 3. The van der Waals surface area contributed by atoms with Gasteiger partial charge in [0, 0.05) is 28.0 Å². The molecule has 0 radical (unpaired) electrons. The van der Waals surface area contributed by atoms with Crippen molar-refractivity contribution in [3.8, 4) is 0 Å². The number of hydrogen-bond acceptors (Lipinski definition) is 6. The van der Waals surface area contributed by atoms with Crippen molar-refractivity contribution >= 4 is 39.4 Å². The summed E-state index contributed by atoms with van der Waals surface area (Å²) in [5, 5.41) is 6.64. The first-order chi connectivity index (χ1) is 12.4. The lowest BCUT2D eigenvalue weighted by Gasteiger charge is -2.18. The smallest absolute Gasteiger partial charge is 0.339 e. The van der Waals surface area contributed by atoms with Crippen LogP contribution < -0.4 is 10.6 Å². The molecule has 0 aliphatic carbocycles. The fourth-order valence-electron chi connectivity index (χ4n) is 2.56. The number of carbonyl (C=O) groups is 1. The largest absolute Gasteiger partial charge is 0.465 e. The molecule has 2 rings (SSSR count). The van der Waals surface area contributed by atoms with Gasteiger partial charge in [0.15, 0.2) is 0 Å². The molecule has 0 amide bonds. The van der Waals surface area contributed by atoms with Gasteiger partial charge in [0.2, 0.25) is 5.95 Å². The third-order valence-corrected chi connectivity index (χ3v) is 5.27. The van der Waals surface area contributed by atoms with Crippen LogP contribution in [0, 0.1) is 13.8 Å². The molecule has 0 saturated heterocycles. The molecule has 0 fully saturated rings. The van der Waals surface area contributed by atoms with E-state index in [9.17, 15) is 4.79 Å². The lowest BCUT2D eigenvalue weighted by molar-refractivity contribution is 0.0599. The average molecular weight is 421 g/mol. The monoisotopic (exact) mass is 420 g/mol. The van der Waals surface area contributed by atoms with Gasteiger partial charge < -0.3 is 15.4 Å². The number of aryl methyl sites for hydroxylation is 2. The summed E-state index contributed by atoms with van der Waals surface area (Å²) in [5.41, 5.74) is 3.09. The zero-order valence-corrected chi connectivity index (χ0v) is 17.4. The Morgan fingerprint density at radius 2 is 1.92 bits per heavy atom. The molecule has 2 aromatic rings. The summed E-state index contributed by atoms with van der Waals surface area (Å²) in [7, 11) is 1.36. The summed E-state index contributed by atoms with van der Waals surface area (Å²) in [4.78, 5) is 20.9. The molecule has 0 aliphatic rings. The Hall–Kier alpha value is -2.15. The number of carbonyl (C=O) groups excluding carboxylic acids is 1. The van der Waals surface area contributed by atoms with Crippen LogP contribution in [0.4, 0.5) is 17.5 Å². The molecule has 0 unspecified atom stereocenters. The lowest BCUT2D eigenvalue weighted by atomic mass is 10.1. The minimum atomic E-state index is -0.399. The lowest BCUT2D eigenvalue weighted by Crippen LogP contribution is -2.19. The minimum absolute atomic E-state index is 0.373. The van der Waals surface area contributed by atoms with Crippen LogP contribution in [-0.2, 0) is 4.74 Å². The number of benzene rings is 1. The number of esters is 1. The van der Waals surface area contributed by atoms with E-state index in [1.165, 1.54) is 7.11 Å². The quantitative estimate of drug-likeness (QED) is 0.614. The molecule has 26 heavy (non-hydrogen) atoms. The zero-order valence-electron chi connectivity index (χ0n) is 15.8. The minimum Gasteiger partial charge on any atom is -0.465 e. The molecule has 2 N–H and O–H groups in total. The van der Waals surface area contributed by atoms with Crippen LogP contribution in [0.5, 0.6) is 0 Å². The first kappa shape index (κ1) is 20.2. The SMILES string of the molecule is CCC(CC)Nc1nc(Nc2cc(C)c(Br)c(C(=O)OC)c2)ncc1C. The fourth-order valence-corrected chi connectivity index (χ4v) is 2.95. The van der Waals surface area contributed by atoms with Gasteiger partial charge in [-0.3, -0.25) is 0 Å². The Morgan fingerprint density at radius 3 is 2.54 bits per heavy atom. The number of rotatable bonds is 7. The Morgan fingerprint density at radius 1 is 1.23 bits per heavy atom. The van der Waals surface area contributed by atoms with Crippen LogP contribution in [-0.4, -0.2) is 29.1 Å². The van der Waals surface area contributed by atoms with Crippen molar-refractivity contribution in [2.45, 2.75) is 46.6 Å². The Balaban J connectivity index is 2.31. The third-order valence-electron chi connectivity index (χ3n) is 4.21. The van der Waals surface area contributed by atoms with E-state index in [-0.39, 0.29) is 0 Å². The molecule has 0 saturated carbocycles. The topological polar surface area (TPSA) is 76.1 Å². The van der Waals surface area contributed by atoms with Crippen molar-refractivity contribution in [2.24, 2.45) is 0 Å². The summed E-state index contributed by atoms with van der Waals surface area (Å²) < 4.78 is 5.56. The second-order valence-electron chi connectivity index (χ2n) is 6.15. The summed E-state index contributed by atoms with van der Waals surface area (Å²) in [6, 6.07) is 4.02. The van der Waals surface area contributed by atoms with Crippen molar-refractivity contribution in [3.05, 3.63) is 39.5 Å². The highest BCUT2D eigenvalue weighted by molar-refractivity contribution is 9.10. The highest BCUT2D eigenvalue weighted by atomic mass is 79.9. The van der Waals surface area contributed by atoms with E-state index >= 15 is 0 Å². The molecule has 7 heteroatoms. The Labute approximate surface area is 162 Å². The maximum atomic E-state index is 12.0. The molecule has 140 valence electrons. The van der Waals surface area contributed by atoms with Gasteiger partial charge in [0.05, 0.1) is 12.7 Å². The number of halogens is 1. The van der Waals surface area contributed by atoms with Crippen LogP contribution in [0.3, 0.4) is 0 Å². The van der Waals surface area contributed by atoms with Crippen molar-refractivity contribution < 1.29 is 9.53 Å². The molecule has 0 atom stereocenters. The highest BCUT2D eigenvalue weighted by Crippen LogP contribution is 2.28. The van der Waals surface area contributed by atoms with E-state index in [0.717, 1.165) is 39.9 Å². The molecule has 1 aromatic heterocycles. The predicted molar refractivity (Wildman–Crippen MR) is 108 cm³/mol. The van der Waals surface area contributed by atoms with Gasteiger partial charge in [-0.2, -0.15) is 4.98 Å². The van der Waals surface area contributed by atoms with Crippen LogP contribution in [0.1, 0.15) is 48.2 Å². The van der Waals surface area contributed by atoms with Gasteiger partial charge in [0.25, 0.3) is 0 Å². The molecule has 0 spiro atoms. The number of hydrogen-bond donors (Lipinski definition) is 2. The zero-order chi connectivity index (χ0) is 19.3. The molecule has 1 aromatic carbocycles. The number of nitrogens with zero attached hydrogens (tertiary/aromatic N) is 2. The maximum Gasteiger partial charge on any atom is 0.339 e. The summed E-state index contributed by atoms with van der Waals surface area (Å²) >= 11 is 3.44. The average Bonchev–Trinajstić information content (AvgIpc) is 2.64. The Bertz CT molecular complexity index is 791. The van der Waals surface area contributed by atoms with Crippen LogP contribution in [0.25, 0.3) is 0 Å². The standard InChI is InChI=1S/C19H25BrN4O2/c1-6-13(7-2)22-17-12(4)10-21-19(24-17)23-14-8-11(3)16(20)15(9-14)18(25)26-5/h8-10,13H,6-7H2,1-5H3,(H2,21,22,23,24).